The van der Waals surface area contributed by atoms with Crippen LogP contribution in [0.15, 0.2) is 12.7 Å². The minimum atomic E-state index is -1.28. The molecule has 0 bridgehead atoms. The van der Waals surface area contributed by atoms with Gasteiger partial charge >= 0.3 is 11.1 Å². The molecule has 0 atom stereocenters. The summed E-state index contributed by atoms with van der Waals surface area (Å²) in [5, 5.41) is 11.4. The topological polar surface area (TPSA) is 87.9 Å². The summed E-state index contributed by atoms with van der Waals surface area (Å²) in [6.45, 7) is 2.98. The van der Waals surface area contributed by atoms with Gasteiger partial charge < -0.3 is 0 Å². The highest BCUT2D eigenvalue weighted by atomic mass is 17.6. The van der Waals surface area contributed by atoms with Crippen molar-refractivity contribution in [3.8, 4) is 0 Å². The van der Waals surface area contributed by atoms with Gasteiger partial charge in [-0.2, -0.15) is 0 Å². The van der Waals surface area contributed by atoms with E-state index in [9.17, 15) is 14.9 Å². The van der Waals surface area contributed by atoms with E-state index in [1.807, 2.05) is 0 Å². The molecule has 0 unspecified atom stereocenters. The Morgan fingerprint density at radius 3 is 2.70 bits per heavy atom. The van der Waals surface area contributed by atoms with Crippen LogP contribution in [0.5, 0.6) is 0 Å². The largest absolute Gasteiger partial charge is 0.368 e. The van der Waals surface area contributed by atoms with Crippen LogP contribution < -0.4 is 0 Å². The molecule has 0 aromatic carbocycles. The molecule has 0 saturated heterocycles. The maximum Gasteiger partial charge on any atom is 0.368 e. The van der Waals surface area contributed by atoms with E-state index in [0.29, 0.717) is 0 Å². The van der Waals surface area contributed by atoms with Crippen LogP contribution in [0.1, 0.15) is 0 Å². The summed E-state index contributed by atoms with van der Waals surface area (Å²) in [6.07, 6.45) is 0.753. The number of rotatable bonds is 4. The fourth-order valence-electron chi connectivity index (χ4n) is 0.108. The first-order chi connectivity index (χ1) is 4.66. The molecule has 7 heteroatoms. The maximum atomic E-state index is 10.0. The van der Waals surface area contributed by atoms with Crippen molar-refractivity contribution in [1.29, 1.82) is 0 Å². The van der Waals surface area contributed by atoms with E-state index in [-0.39, 0.29) is 0 Å². The van der Waals surface area contributed by atoms with Crippen molar-refractivity contribution >= 4 is 5.97 Å². The summed E-state index contributed by atoms with van der Waals surface area (Å²) in [6, 6.07) is 0. The Balaban J connectivity index is 3.28. The van der Waals surface area contributed by atoms with Crippen LogP contribution in [0.3, 0.4) is 0 Å². The Labute approximate surface area is 54.7 Å². The Hall–Kier alpha value is -1.63. The summed E-state index contributed by atoms with van der Waals surface area (Å²) < 4.78 is 0. The van der Waals surface area contributed by atoms with E-state index < -0.39 is 11.1 Å². The van der Waals surface area contributed by atoms with Gasteiger partial charge in [-0.05, 0) is 0 Å². The minimum absolute atomic E-state index is 0.753. The molecule has 0 rings (SSSR count). The molecular formula is C3H3NO6. The van der Waals surface area contributed by atoms with Gasteiger partial charge in [-0.25, -0.2) is 4.79 Å². The second-order valence-electron chi connectivity index (χ2n) is 0.973. The van der Waals surface area contributed by atoms with E-state index in [2.05, 4.69) is 21.5 Å². The van der Waals surface area contributed by atoms with Crippen molar-refractivity contribution in [2.24, 2.45) is 0 Å². The van der Waals surface area contributed by atoms with Crippen molar-refractivity contribution < 1.29 is 24.8 Å². The monoisotopic (exact) mass is 149 g/mol. The van der Waals surface area contributed by atoms with Crippen molar-refractivity contribution in [1.82, 2.24) is 0 Å². The molecule has 0 fully saturated rings. The molecule has 0 aliphatic rings. The summed E-state index contributed by atoms with van der Waals surface area (Å²) in [4.78, 5) is 26.1. The zero-order valence-electron chi connectivity index (χ0n) is 4.68. The first-order valence-electron chi connectivity index (χ1n) is 1.99. The van der Waals surface area contributed by atoms with E-state index in [4.69, 9.17) is 0 Å². The van der Waals surface area contributed by atoms with Crippen LogP contribution in [-0.2, 0) is 19.7 Å². The van der Waals surface area contributed by atoms with Gasteiger partial charge in [0.25, 0.3) is 0 Å². The predicted octanol–water partition coefficient (Wildman–Crippen LogP) is -0.230. The second-order valence-corrected chi connectivity index (χ2v) is 0.973. The molecule has 0 saturated carbocycles. The van der Waals surface area contributed by atoms with Crippen LogP contribution in [0.2, 0.25) is 0 Å². The quantitative estimate of drug-likeness (QED) is 0.237. The smallest absolute Gasteiger partial charge is 0.264 e. The maximum absolute atomic E-state index is 10.0. The van der Waals surface area contributed by atoms with Crippen LogP contribution in [0.25, 0.3) is 0 Å². The van der Waals surface area contributed by atoms with Crippen LogP contribution in [-0.4, -0.2) is 11.1 Å². The lowest BCUT2D eigenvalue weighted by Gasteiger charge is -1.92. The van der Waals surface area contributed by atoms with Crippen LogP contribution in [0, 0.1) is 10.1 Å². The lowest BCUT2D eigenvalue weighted by Crippen LogP contribution is -2.06. The van der Waals surface area contributed by atoms with Gasteiger partial charge in [0, 0.05) is 11.1 Å². The number of hydrogen-bond acceptors (Lipinski definition) is 6. The SMILES string of the molecule is C=CC(=O)OOO[N+](=O)[O-]. The third-order valence-corrected chi connectivity index (χ3v) is 0.374. The number of carbonyl (C=O) groups is 1. The number of nitrogens with zero attached hydrogens (tertiary/aromatic N) is 1. The first kappa shape index (κ1) is 8.37. The molecule has 0 aromatic heterocycles. The fourth-order valence-corrected chi connectivity index (χ4v) is 0.108. The molecule has 7 nitrogen and oxygen atoms in total. The standard InChI is InChI=1S/C3H3NO6/c1-2-3(5)8-10-9-4(6)7/h2H,1H2. The van der Waals surface area contributed by atoms with Gasteiger partial charge in [-0.1, -0.05) is 6.58 Å². The summed E-state index contributed by atoms with van der Waals surface area (Å²) >= 11 is 0. The molecule has 0 heterocycles. The lowest BCUT2D eigenvalue weighted by molar-refractivity contribution is -0.885. The lowest BCUT2D eigenvalue weighted by atomic mass is 10.7. The van der Waals surface area contributed by atoms with Gasteiger partial charge in [0.2, 0.25) is 0 Å². The van der Waals surface area contributed by atoms with E-state index in [1.54, 1.807) is 0 Å². The van der Waals surface area contributed by atoms with Gasteiger partial charge in [-0.3, -0.25) is 4.89 Å². The zero-order chi connectivity index (χ0) is 7.98. The van der Waals surface area contributed by atoms with Crippen molar-refractivity contribution in [3.05, 3.63) is 22.8 Å². The second kappa shape index (κ2) is 4.27. The molecular weight excluding hydrogens is 146 g/mol. The Bertz CT molecular complexity index is 153. The van der Waals surface area contributed by atoms with Crippen LogP contribution in [0.4, 0.5) is 0 Å². The Kier molecular flexibility index (Phi) is 3.57. The highest BCUT2D eigenvalue weighted by molar-refractivity contribution is 5.80. The third kappa shape index (κ3) is 4.53. The van der Waals surface area contributed by atoms with Crippen molar-refractivity contribution in [2.45, 2.75) is 0 Å². The molecule has 0 aromatic rings. The van der Waals surface area contributed by atoms with Gasteiger partial charge in [0.1, 0.15) is 0 Å². The molecule has 0 N–H and O–H groups in total. The van der Waals surface area contributed by atoms with Gasteiger partial charge in [0.05, 0.1) is 0 Å². The van der Waals surface area contributed by atoms with E-state index >= 15 is 0 Å². The minimum Gasteiger partial charge on any atom is -0.264 e. The van der Waals surface area contributed by atoms with Crippen molar-refractivity contribution in [3.63, 3.8) is 0 Å². The summed E-state index contributed by atoms with van der Waals surface area (Å²) in [5.41, 5.74) is 0. The number of hydrogen-bond donors (Lipinski definition) is 0. The van der Waals surface area contributed by atoms with Crippen molar-refractivity contribution in [2.75, 3.05) is 0 Å². The van der Waals surface area contributed by atoms with Gasteiger partial charge in [0.15, 0.2) is 0 Å². The highest BCUT2D eigenvalue weighted by Gasteiger charge is 1.99. The molecule has 0 aliphatic carbocycles. The Morgan fingerprint density at radius 1 is 1.70 bits per heavy atom. The summed E-state index contributed by atoms with van der Waals surface area (Å²) in [5.74, 6) is -0.984. The summed E-state index contributed by atoms with van der Waals surface area (Å²) in [7, 11) is 0. The third-order valence-electron chi connectivity index (χ3n) is 0.374. The Morgan fingerprint density at radius 2 is 2.30 bits per heavy atom. The molecule has 0 radical (unpaired) electrons. The molecule has 0 aliphatic heterocycles. The predicted molar refractivity (Wildman–Crippen MR) is 25.5 cm³/mol. The molecule has 10 heavy (non-hydrogen) atoms. The average Bonchev–Trinajstić information content (AvgIpc) is 1.87. The first-order valence-corrected chi connectivity index (χ1v) is 1.99. The highest BCUT2D eigenvalue weighted by Crippen LogP contribution is 1.83. The van der Waals surface area contributed by atoms with Gasteiger partial charge in [-0.15, -0.1) is 15.1 Å². The molecule has 0 spiro atoms. The average molecular weight is 149 g/mol. The van der Waals surface area contributed by atoms with E-state index in [0.717, 1.165) is 6.08 Å². The van der Waals surface area contributed by atoms with Crippen LogP contribution >= 0.6 is 0 Å². The zero-order valence-corrected chi connectivity index (χ0v) is 4.68. The van der Waals surface area contributed by atoms with E-state index in [1.165, 1.54) is 0 Å². The normalized spacial score (nSPS) is 8.00. The number of carbonyl (C=O) groups excluding carboxylic acids is 1. The molecule has 56 valence electrons. The fraction of sp³-hybridized carbons (Fsp3) is 0. The molecule has 0 amide bonds.